The fourth-order valence-corrected chi connectivity index (χ4v) is 3.05. The summed E-state index contributed by atoms with van der Waals surface area (Å²) in [5.41, 5.74) is 0.680. The molecule has 0 fully saturated rings. The molecule has 0 amide bonds. The average Bonchev–Trinajstić information content (AvgIpc) is 2.24. The van der Waals surface area contributed by atoms with Crippen molar-refractivity contribution in [1.29, 1.82) is 0 Å². The van der Waals surface area contributed by atoms with E-state index in [1.54, 1.807) is 12.1 Å². The van der Waals surface area contributed by atoms with Gasteiger partial charge in [-0.05, 0) is 32.8 Å². The molecule has 0 aromatic heterocycles. The number of benzene rings is 1. The molecule has 2 atom stereocenters. The van der Waals surface area contributed by atoms with Gasteiger partial charge in [0.1, 0.15) is 0 Å². The van der Waals surface area contributed by atoms with Gasteiger partial charge in [0, 0.05) is 0 Å². The summed E-state index contributed by atoms with van der Waals surface area (Å²) in [4.78, 5) is 12.0. The molecule has 88 valence electrons. The summed E-state index contributed by atoms with van der Waals surface area (Å²) in [6.07, 6.45) is 0.958. The summed E-state index contributed by atoms with van der Waals surface area (Å²) in [5, 5.41) is 0.994. The maximum atomic E-state index is 12.0. The quantitative estimate of drug-likeness (QED) is 0.547. The van der Waals surface area contributed by atoms with E-state index in [-0.39, 0.29) is 19.1 Å². The van der Waals surface area contributed by atoms with Crippen LogP contribution in [-0.4, -0.2) is 11.2 Å². The largest absolute Gasteiger partial charge is 0.289 e. The van der Waals surface area contributed by atoms with E-state index in [0.717, 1.165) is 6.42 Å². The Morgan fingerprint density at radius 3 is 2.44 bits per heavy atom. The monoisotopic (exact) mass is 296 g/mol. The highest BCUT2D eigenvalue weighted by Gasteiger charge is 2.18. The van der Waals surface area contributed by atoms with Gasteiger partial charge in [-0.25, -0.2) is 0 Å². The summed E-state index contributed by atoms with van der Waals surface area (Å²) < 4.78 is 0. The third-order valence-electron chi connectivity index (χ3n) is 2.26. The molecule has 0 aliphatic heterocycles. The molecule has 1 aromatic rings. The van der Waals surface area contributed by atoms with Crippen LogP contribution in [0.2, 0.25) is 15.1 Å². The minimum Gasteiger partial charge on any atom is -0.289 e. The van der Waals surface area contributed by atoms with Crippen molar-refractivity contribution in [2.24, 2.45) is 0 Å². The zero-order valence-corrected chi connectivity index (χ0v) is 12.2. The number of rotatable bonds is 4. The first-order valence-electron chi connectivity index (χ1n) is 4.91. The van der Waals surface area contributed by atoms with Crippen molar-refractivity contribution in [3.63, 3.8) is 0 Å². The lowest BCUT2D eigenvalue weighted by Gasteiger charge is -2.10. The second kappa shape index (κ2) is 6.21. The van der Waals surface area contributed by atoms with E-state index in [4.69, 9.17) is 34.8 Å². The third kappa shape index (κ3) is 3.34. The summed E-state index contributed by atoms with van der Waals surface area (Å²) in [6, 6.07) is 3.19. The topological polar surface area (TPSA) is 17.1 Å². The Kier molecular flexibility index (Phi) is 5.53. The van der Waals surface area contributed by atoms with Gasteiger partial charge in [-0.2, -0.15) is 0 Å². The number of hydrogen-bond acceptors (Lipinski definition) is 1. The van der Waals surface area contributed by atoms with Crippen LogP contribution in [0.25, 0.3) is 0 Å². The van der Waals surface area contributed by atoms with E-state index in [0.29, 0.717) is 21.3 Å². The van der Waals surface area contributed by atoms with Crippen LogP contribution < -0.4 is 0 Å². The molecule has 16 heavy (non-hydrogen) atoms. The zero-order valence-electron chi connectivity index (χ0n) is 8.98. The van der Waals surface area contributed by atoms with Crippen LogP contribution in [0.3, 0.4) is 0 Å². The van der Waals surface area contributed by atoms with Crippen LogP contribution >= 0.6 is 43.4 Å². The molecule has 2 unspecified atom stereocenters. The molecule has 1 rings (SSSR count). The van der Waals surface area contributed by atoms with Gasteiger partial charge in [0.25, 0.3) is 0 Å². The lowest BCUT2D eigenvalue weighted by atomic mass is 10.2. The summed E-state index contributed by atoms with van der Waals surface area (Å²) >= 11 is 17.8. The maximum absolute atomic E-state index is 12.0. The molecule has 1 aromatic carbocycles. The normalized spacial score (nSPS) is 13.3. The Bertz CT molecular complexity index is 406. The molecule has 0 bridgehead atoms. The van der Waals surface area contributed by atoms with Crippen molar-refractivity contribution in [2.45, 2.75) is 25.9 Å². The van der Waals surface area contributed by atoms with Crippen LogP contribution in [0, 0.1) is 0 Å². The molecule has 1 nitrogen and oxygen atoms in total. The van der Waals surface area contributed by atoms with E-state index >= 15 is 0 Å². The van der Waals surface area contributed by atoms with Gasteiger partial charge in [0.05, 0.1) is 20.6 Å². The Morgan fingerprint density at radius 2 is 1.88 bits per heavy atom. The van der Waals surface area contributed by atoms with E-state index in [2.05, 4.69) is 0 Å². The van der Waals surface area contributed by atoms with Gasteiger partial charge in [-0.15, -0.1) is 0 Å². The lowest BCUT2D eigenvalue weighted by Crippen LogP contribution is -2.01. The second-order valence-electron chi connectivity index (χ2n) is 3.50. The first kappa shape index (κ1) is 14.3. The Morgan fingerprint density at radius 1 is 1.31 bits per heavy atom. The van der Waals surface area contributed by atoms with Gasteiger partial charge < -0.3 is 0 Å². The summed E-state index contributed by atoms with van der Waals surface area (Å²) in [6.45, 7) is 4.08. The van der Waals surface area contributed by atoms with Gasteiger partial charge in [-0.3, -0.25) is 4.79 Å². The predicted molar refractivity (Wildman–Crippen MR) is 73.9 cm³/mol. The van der Waals surface area contributed by atoms with Crippen LogP contribution in [0.1, 0.15) is 30.6 Å². The predicted octanol–water partition coefficient (Wildman–Crippen LogP) is 5.26. The van der Waals surface area contributed by atoms with Crippen LogP contribution in [0.4, 0.5) is 0 Å². The average molecular weight is 298 g/mol. The smallest absolute Gasteiger partial charge is 0.184 e. The van der Waals surface area contributed by atoms with Crippen molar-refractivity contribution in [3.05, 3.63) is 32.8 Å². The summed E-state index contributed by atoms with van der Waals surface area (Å²) in [7, 11) is 0.180. The van der Waals surface area contributed by atoms with Gasteiger partial charge >= 0.3 is 0 Å². The molecule has 0 radical (unpaired) electrons. The molecule has 0 saturated carbocycles. The highest BCUT2D eigenvalue weighted by Crippen LogP contribution is 2.37. The molecule has 0 heterocycles. The Hall–Kier alpha value is 0.190. The standard InChI is InChI=1S/C11H12Cl3OP/c1-3-6(2)16-11(15)9-7(12)4-5-8(13)10(9)14/h4-6,16H,3H2,1-2H3. The van der Waals surface area contributed by atoms with Crippen molar-refractivity contribution >= 4 is 48.9 Å². The zero-order chi connectivity index (χ0) is 12.3. The second-order valence-corrected chi connectivity index (χ2v) is 6.42. The van der Waals surface area contributed by atoms with E-state index in [9.17, 15) is 4.79 Å². The molecule has 5 heteroatoms. The van der Waals surface area contributed by atoms with Gasteiger partial charge in [-0.1, -0.05) is 48.7 Å². The molecule has 0 spiro atoms. The van der Waals surface area contributed by atoms with Crippen molar-refractivity contribution in [3.8, 4) is 0 Å². The van der Waals surface area contributed by atoms with Crippen LogP contribution in [-0.2, 0) is 0 Å². The fraction of sp³-hybridized carbons (Fsp3) is 0.364. The fourth-order valence-electron chi connectivity index (χ4n) is 1.13. The Balaban J connectivity index is 3.03. The molecule has 0 N–H and O–H groups in total. The number of hydrogen-bond donors (Lipinski definition) is 0. The number of carbonyl (C=O) groups is 1. The summed E-state index contributed by atoms with van der Waals surface area (Å²) in [5.74, 6) is 0. The van der Waals surface area contributed by atoms with Crippen molar-refractivity contribution in [2.75, 3.05) is 0 Å². The molecule has 0 aliphatic carbocycles. The molecule has 0 aliphatic rings. The Labute approximate surface area is 112 Å². The first-order valence-corrected chi connectivity index (χ1v) is 7.12. The molecular formula is C11H12Cl3OP. The van der Waals surface area contributed by atoms with E-state index in [1.807, 2.05) is 13.8 Å². The highest BCUT2D eigenvalue weighted by atomic mass is 35.5. The number of halogens is 3. The maximum Gasteiger partial charge on any atom is 0.184 e. The van der Waals surface area contributed by atoms with Gasteiger partial charge in [0.15, 0.2) is 5.52 Å². The molecular weight excluding hydrogens is 285 g/mol. The minimum atomic E-state index is -0.0214. The molecule has 0 saturated heterocycles. The van der Waals surface area contributed by atoms with E-state index < -0.39 is 0 Å². The first-order chi connectivity index (χ1) is 7.47. The SMILES string of the molecule is CCC(C)PC(=O)c1c(Cl)ccc(Cl)c1Cl. The van der Waals surface area contributed by atoms with Gasteiger partial charge in [0.2, 0.25) is 0 Å². The third-order valence-corrected chi connectivity index (χ3v) is 4.79. The van der Waals surface area contributed by atoms with Crippen molar-refractivity contribution < 1.29 is 4.79 Å². The van der Waals surface area contributed by atoms with Crippen molar-refractivity contribution in [1.82, 2.24) is 0 Å². The number of carbonyl (C=O) groups excluding carboxylic acids is 1. The minimum absolute atomic E-state index is 0.0214. The van der Waals surface area contributed by atoms with Crippen LogP contribution in [0.5, 0.6) is 0 Å². The highest BCUT2D eigenvalue weighted by molar-refractivity contribution is 7.59. The van der Waals surface area contributed by atoms with Crippen LogP contribution in [0.15, 0.2) is 12.1 Å². The lowest BCUT2D eigenvalue weighted by molar-refractivity contribution is 0.108. The van der Waals surface area contributed by atoms with E-state index in [1.165, 1.54) is 0 Å².